The minimum atomic E-state index is -3.76. The number of para-hydroxylation sites is 1. The first-order chi connectivity index (χ1) is 14.9. The van der Waals surface area contributed by atoms with Crippen molar-refractivity contribution >= 4 is 45.0 Å². The molecule has 1 fully saturated rings. The molecule has 2 aromatic rings. The van der Waals surface area contributed by atoms with Crippen LogP contribution in [0.15, 0.2) is 52.3 Å². The normalized spacial score (nSPS) is 17.3. The minimum absolute atomic E-state index is 0.00945. The minimum Gasteiger partial charge on any atom is -0.379 e. The highest BCUT2D eigenvalue weighted by Gasteiger charge is 2.31. The molecule has 0 saturated carbocycles. The van der Waals surface area contributed by atoms with E-state index in [0.717, 1.165) is 0 Å². The van der Waals surface area contributed by atoms with E-state index in [-0.39, 0.29) is 41.9 Å². The van der Waals surface area contributed by atoms with Gasteiger partial charge in [-0.2, -0.15) is 4.31 Å². The van der Waals surface area contributed by atoms with Gasteiger partial charge >= 0.3 is 0 Å². The smallest absolute Gasteiger partial charge is 0.244 e. The molecule has 0 aliphatic carbocycles. The van der Waals surface area contributed by atoms with Crippen LogP contribution in [0.3, 0.4) is 0 Å². The first-order valence-electron chi connectivity index (χ1n) is 9.56. The van der Waals surface area contributed by atoms with Gasteiger partial charge in [-0.05, 0) is 30.3 Å². The number of carbonyl (C=O) groups is 2. The molecule has 0 unspecified atom stereocenters. The zero-order chi connectivity index (χ0) is 22.0. The molecule has 0 atom stereocenters. The number of ether oxygens (including phenoxy) is 1. The summed E-state index contributed by atoms with van der Waals surface area (Å²) in [6.07, 6.45) is 0. The second-order valence-electron chi connectivity index (χ2n) is 6.94. The molecule has 2 aromatic carbocycles. The van der Waals surface area contributed by atoms with Crippen LogP contribution in [-0.2, 0) is 24.3 Å². The summed E-state index contributed by atoms with van der Waals surface area (Å²) in [5.41, 5.74) is 0.356. The number of benzene rings is 2. The molecule has 2 heterocycles. The number of rotatable bonds is 5. The number of hydrogen-bond acceptors (Lipinski definition) is 6. The SMILES string of the molecule is O=C(CN1C(=O)CSc2ccc(S(=O)(=O)N3CCOCC3)cc21)Nc1ccccc1F. The van der Waals surface area contributed by atoms with E-state index in [1.807, 2.05) is 0 Å². The number of hydrogen-bond donors (Lipinski definition) is 1. The lowest BCUT2D eigenvalue weighted by atomic mass is 10.2. The maximum Gasteiger partial charge on any atom is 0.244 e. The number of halogens is 1. The molecular formula is C20H20FN3O5S2. The van der Waals surface area contributed by atoms with Crippen LogP contribution < -0.4 is 10.2 Å². The van der Waals surface area contributed by atoms with Gasteiger partial charge in [0.1, 0.15) is 12.4 Å². The summed E-state index contributed by atoms with van der Waals surface area (Å²) in [5.74, 6) is -1.38. The lowest BCUT2D eigenvalue weighted by Gasteiger charge is -2.30. The van der Waals surface area contributed by atoms with Crippen LogP contribution in [0.1, 0.15) is 0 Å². The van der Waals surface area contributed by atoms with Gasteiger partial charge in [-0.3, -0.25) is 9.59 Å². The predicted octanol–water partition coefficient (Wildman–Crippen LogP) is 1.92. The van der Waals surface area contributed by atoms with Crippen LogP contribution in [-0.4, -0.2) is 63.1 Å². The quantitative estimate of drug-likeness (QED) is 0.725. The third kappa shape index (κ3) is 4.59. The number of anilines is 2. The van der Waals surface area contributed by atoms with E-state index in [0.29, 0.717) is 23.8 Å². The number of sulfonamides is 1. The summed E-state index contributed by atoms with van der Waals surface area (Å²) >= 11 is 1.28. The average Bonchev–Trinajstić information content (AvgIpc) is 2.77. The molecule has 31 heavy (non-hydrogen) atoms. The van der Waals surface area contributed by atoms with Gasteiger partial charge in [-0.25, -0.2) is 12.8 Å². The summed E-state index contributed by atoms with van der Waals surface area (Å²) in [6, 6.07) is 10.3. The van der Waals surface area contributed by atoms with Crippen molar-refractivity contribution in [2.24, 2.45) is 0 Å². The van der Waals surface area contributed by atoms with Crippen LogP contribution in [0, 0.1) is 5.82 Å². The maximum atomic E-state index is 13.8. The lowest BCUT2D eigenvalue weighted by Crippen LogP contribution is -2.42. The molecule has 1 N–H and O–H groups in total. The lowest BCUT2D eigenvalue weighted by molar-refractivity contribution is -0.120. The summed E-state index contributed by atoms with van der Waals surface area (Å²) in [6.45, 7) is 0.785. The van der Waals surface area contributed by atoms with E-state index in [2.05, 4.69) is 5.32 Å². The molecule has 0 aromatic heterocycles. The number of fused-ring (bicyclic) bond motifs is 1. The van der Waals surface area contributed by atoms with Crippen LogP contribution in [0.5, 0.6) is 0 Å². The zero-order valence-corrected chi connectivity index (χ0v) is 18.0. The van der Waals surface area contributed by atoms with E-state index in [4.69, 9.17) is 4.74 Å². The second kappa shape index (κ2) is 8.95. The molecule has 8 nitrogen and oxygen atoms in total. The number of nitrogens with zero attached hydrogens (tertiary/aromatic N) is 2. The number of amides is 2. The second-order valence-corrected chi connectivity index (χ2v) is 9.90. The third-order valence-electron chi connectivity index (χ3n) is 4.93. The Morgan fingerprint density at radius 3 is 2.65 bits per heavy atom. The Labute approximate surface area is 183 Å². The standard InChI is InChI=1S/C20H20FN3O5S2/c21-15-3-1-2-4-16(15)22-19(25)12-24-17-11-14(5-6-18(17)30-13-20(24)26)31(27,28)23-7-9-29-10-8-23/h1-6,11H,7-10,12-13H2,(H,22,25). The summed E-state index contributed by atoms with van der Waals surface area (Å²) in [4.78, 5) is 27.0. The Kier molecular flexibility index (Phi) is 6.28. The zero-order valence-electron chi connectivity index (χ0n) is 16.4. The van der Waals surface area contributed by atoms with Gasteiger partial charge in [0.2, 0.25) is 21.8 Å². The Morgan fingerprint density at radius 2 is 1.90 bits per heavy atom. The van der Waals surface area contributed by atoms with Gasteiger partial charge in [0.05, 0.1) is 35.2 Å². The van der Waals surface area contributed by atoms with Gasteiger partial charge in [0.25, 0.3) is 0 Å². The Balaban J connectivity index is 1.59. The molecule has 2 aliphatic heterocycles. The molecule has 4 rings (SSSR count). The van der Waals surface area contributed by atoms with Gasteiger partial charge in [-0.15, -0.1) is 11.8 Å². The number of nitrogens with one attached hydrogen (secondary N) is 1. The highest BCUT2D eigenvalue weighted by molar-refractivity contribution is 8.00. The van der Waals surface area contributed by atoms with Crippen molar-refractivity contribution < 1.29 is 27.1 Å². The van der Waals surface area contributed by atoms with Crippen LogP contribution in [0.2, 0.25) is 0 Å². The fraction of sp³-hybridized carbons (Fsp3) is 0.300. The van der Waals surface area contributed by atoms with E-state index in [1.54, 1.807) is 12.1 Å². The molecular weight excluding hydrogens is 445 g/mol. The molecule has 0 bridgehead atoms. The summed E-state index contributed by atoms with van der Waals surface area (Å²) in [5, 5.41) is 2.45. The van der Waals surface area contributed by atoms with Crippen molar-refractivity contribution in [3.05, 3.63) is 48.3 Å². The third-order valence-corrected chi connectivity index (χ3v) is 7.87. The summed E-state index contributed by atoms with van der Waals surface area (Å²) < 4.78 is 46.4. The molecule has 0 spiro atoms. The first kappa shape index (κ1) is 21.8. The Hall–Kier alpha value is -2.47. The number of morpholine rings is 1. The first-order valence-corrected chi connectivity index (χ1v) is 12.0. The van der Waals surface area contributed by atoms with Gasteiger partial charge in [-0.1, -0.05) is 12.1 Å². The van der Waals surface area contributed by atoms with E-state index in [1.165, 1.54) is 51.3 Å². The van der Waals surface area contributed by atoms with Gasteiger partial charge in [0, 0.05) is 18.0 Å². The van der Waals surface area contributed by atoms with Crippen molar-refractivity contribution in [3.8, 4) is 0 Å². The maximum absolute atomic E-state index is 13.8. The topological polar surface area (TPSA) is 96.0 Å². The number of thioether (sulfide) groups is 1. The van der Waals surface area contributed by atoms with E-state index < -0.39 is 21.7 Å². The number of carbonyl (C=O) groups excluding carboxylic acids is 2. The Bertz CT molecular complexity index is 1120. The van der Waals surface area contributed by atoms with Gasteiger partial charge in [0.15, 0.2) is 0 Å². The highest BCUT2D eigenvalue weighted by Crippen LogP contribution is 2.37. The molecule has 2 amide bonds. The van der Waals surface area contributed by atoms with Crippen molar-refractivity contribution in [1.29, 1.82) is 0 Å². The molecule has 11 heteroatoms. The van der Waals surface area contributed by atoms with Gasteiger partial charge < -0.3 is 15.0 Å². The van der Waals surface area contributed by atoms with Crippen molar-refractivity contribution in [2.45, 2.75) is 9.79 Å². The molecule has 1 saturated heterocycles. The van der Waals surface area contributed by atoms with Crippen molar-refractivity contribution in [1.82, 2.24) is 4.31 Å². The average molecular weight is 466 g/mol. The van der Waals surface area contributed by atoms with Crippen LogP contribution in [0.25, 0.3) is 0 Å². The fourth-order valence-corrected chi connectivity index (χ4v) is 5.69. The van der Waals surface area contributed by atoms with Crippen LogP contribution in [0.4, 0.5) is 15.8 Å². The van der Waals surface area contributed by atoms with E-state index in [9.17, 15) is 22.4 Å². The largest absolute Gasteiger partial charge is 0.379 e. The van der Waals surface area contributed by atoms with Crippen LogP contribution >= 0.6 is 11.8 Å². The fourth-order valence-electron chi connectivity index (χ4n) is 3.35. The molecule has 0 radical (unpaired) electrons. The molecule has 2 aliphatic rings. The predicted molar refractivity (Wildman–Crippen MR) is 114 cm³/mol. The monoisotopic (exact) mass is 465 g/mol. The van der Waals surface area contributed by atoms with E-state index >= 15 is 0 Å². The van der Waals surface area contributed by atoms with Crippen molar-refractivity contribution in [2.75, 3.05) is 48.8 Å². The summed E-state index contributed by atoms with van der Waals surface area (Å²) in [7, 11) is -3.76. The highest BCUT2D eigenvalue weighted by atomic mass is 32.2. The molecule has 164 valence electrons. The van der Waals surface area contributed by atoms with Crippen molar-refractivity contribution in [3.63, 3.8) is 0 Å². The Morgan fingerprint density at radius 1 is 1.16 bits per heavy atom.